The second-order valence-electron chi connectivity index (χ2n) is 4.99. The van der Waals surface area contributed by atoms with Crippen molar-refractivity contribution in [2.75, 3.05) is 26.2 Å². The Labute approximate surface area is 97.8 Å². The molecule has 1 amide bonds. The minimum atomic E-state index is 0.195. The van der Waals surface area contributed by atoms with Gasteiger partial charge >= 0.3 is 0 Å². The molecule has 2 rings (SSSR count). The van der Waals surface area contributed by atoms with Gasteiger partial charge in [0.1, 0.15) is 0 Å². The van der Waals surface area contributed by atoms with Crippen LogP contribution in [0.5, 0.6) is 0 Å². The first kappa shape index (κ1) is 11.9. The van der Waals surface area contributed by atoms with E-state index in [1.165, 1.54) is 38.9 Å². The second-order valence-corrected chi connectivity index (χ2v) is 4.99. The van der Waals surface area contributed by atoms with Crippen molar-refractivity contribution in [3.05, 3.63) is 0 Å². The van der Waals surface area contributed by atoms with Crippen LogP contribution in [0, 0.1) is 0 Å². The molecule has 0 bridgehead atoms. The highest BCUT2D eigenvalue weighted by atomic mass is 16.1. The largest absolute Gasteiger partial charge is 0.354 e. The molecule has 2 N–H and O–H groups in total. The van der Waals surface area contributed by atoms with Crippen molar-refractivity contribution in [1.82, 2.24) is 15.5 Å². The Morgan fingerprint density at radius 3 is 2.69 bits per heavy atom. The fourth-order valence-electron chi connectivity index (χ4n) is 2.70. The topological polar surface area (TPSA) is 44.4 Å². The van der Waals surface area contributed by atoms with Crippen molar-refractivity contribution in [1.29, 1.82) is 0 Å². The Bertz CT molecular complexity index is 236. The molecule has 2 aliphatic heterocycles. The lowest BCUT2D eigenvalue weighted by molar-refractivity contribution is -0.119. The normalized spacial score (nSPS) is 28.3. The molecule has 2 saturated heterocycles. The van der Waals surface area contributed by atoms with Gasteiger partial charge in [0.05, 0.1) is 0 Å². The summed E-state index contributed by atoms with van der Waals surface area (Å²) in [7, 11) is 0. The Balaban J connectivity index is 1.67. The van der Waals surface area contributed by atoms with Crippen molar-refractivity contribution >= 4 is 5.91 Å². The summed E-state index contributed by atoms with van der Waals surface area (Å²) in [5.74, 6) is 0.195. The van der Waals surface area contributed by atoms with Crippen LogP contribution in [0.1, 0.15) is 32.6 Å². The van der Waals surface area contributed by atoms with Gasteiger partial charge in [0.2, 0.25) is 5.91 Å². The molecule has 2 heterocycles. The fourth-order valence-corrected chi connectivity index (χ4v) is 2.70. The molecule has 2 fully saturated rings. The number of nitrogens with zero attached hydrogens (tertiary/aromatic N) is 1. The molecular weight excluding hydrogens is 202 g/mol. The Kier molecular flexibility index (Phi) is 4.18. The van der Waals surface area contributed by atoms with E-state index >= 15 is 0 Å². The third-order valence-corrected chi connectivity index (χ3v) is 3.58. The van der Waals surface area contributed by atoms with Gasteiger partial charge in [0, 0.05) is 25.0 Å². The zero-order valence-electron chi connectivity index (χ0n) is 10.2. The lowest BCUT2D eigenvalue weighted by Gasteiger charge is -2.33. The quantitative estimate of drug-likeness (QED) is 0.725. The molecule has 0 radical (unpaired) electrons. The summed E-state index contributed by atoms with van der Waals surface area (Å²) in [5.41, 5.74) is 0. The van der Waals surface area contributed by atoms with Crippen molar-refractivity contribution in [3.63, 3.8) is 0 Å². The van der Waals surface area contributed by atoms with Crippen molar-refractivity contribution in [3.8, 4) is 0 Å². The second kappa shape index (κ2) is 5.64. The first-order valence-electron chi connectivity index (χ1n) is 6.53. The van der Waals surface area contributed by atoms with Gasteiger partial charge < -0.3 is 15.5 Å². The number of rotatable bonds is 4. The number of carbonyl (C=O) groups is 1. The standard InChI is InChI=1S/C12H23N3O/c1-2-5-15-6-3-10(4-7-15)14-11-8-12(16)13-9-11/h10-11,14H,2-9H2,1H3,(H,13,16). The molecule has 1 atom stereocenters. The average Bonchev–Trinajstić information content (AvgIpc) is 2.67. The van der Waals surface area contributed by atoms with E-state index in [-0.39, 0.29) is 5.91 Å². The van der Waals surface area contributed by atoms with Gasteiger partial charge in [0.25, 0.3) is 0 Å². The van der Waals surface area contributed by atoms with Crippen LogP contribution in [-0.4, -0.2) is 49.1 Å². The number of amides is 1. The van der Waals surface area contributed by atoms with Crippen molar-refractivity contribution < 1.29 is 4.79 Å². The monoisotopic (exact) mass is 225 g/mol. The molecule has 16 heavy (non-hydrogen) atoms. The van der Waals surface area contributed by atoms with Crippen LogP contribution in [0.4, 0.5) is 0 Å². The molecule has 1 unspecified atom stereocenters. The number of hydrogen-bond acceptors (Lipinski definition) is 3. The summed E-state index contributed by atoms with van der Waals surface area (Å²) in [5, 5.41) is 6.48. The van der Waals surface area contributed by atoms with E-state index in [2.05, 4.69) is 22.5 Å². The van der Waals surface area contributed by atoms with E-state index in [0.29, 0.717) is 18.5 Å². The predicted octanol–water partition coefficient (Wildman–Crippen LogP) is 0.339. The maximum Gasteiger partial charge on any atom is 0.221 e. The molecule has 4 nitrogen and oxygen atoms in total. The van der Waals surface area contributed by atoms with Crippen LogP contribution in [0.15, 0.2) is 0 Å². The van der Waals surface area contributed by atoms with Gasteiger partial charge in [-0.25, -0.2) is 0 Å². The fraction of sp³-hybridized carbons (Fsp3) is 0.917. The summed E-state index contributed by atoms with van der Waals surface area (Å²) in [6.45, 7) is 6.70. The van der Waals surface area contributed by atoms with E-state index in [4.69, 9.17) is 0 Å². The number of piperidine rings is 1. The van der Waals surface area contributed by atoms with Crippen LogP contribution in [0.2, 0.25) is 0 Å². The Morgan fingerprint density at radius 1 is 1.38 bits per heavy atom. The third-order valence-electron chi connectivity index (χ3n) is 3.58. The molecule has 0 aliphatic carbocycles. The maximum atomic E-state index is 11.1. The van der Waals surface area contributed by atoms with Gasteiger partial charge in [-0.2, -0.15) is 0 Å². The summed E-state index contributed by atoms with van der Waals surface area (Å²) < 4.78 is 0. The van der Waals surface area contributed by atoms with Gasteiger partial charge in [-0.3, -0.25) is 4.79 Å². The predicted molar refractivity (Wildman–Crippen MR) is 64.3 cm³/mol. The molecule has 2 aliphatic rings. The van der Waals surface area contributed by atoms with Gasteiger partial charge in [-0.15, -0.1) is 0 Å². The molecular formula is C12H23N3O. The zero-order chi connectivity index (χ0) is 11.4. The number of nitrogens with one attached hydrogen (secondary N) is 2. The zero-order valence-corrected chi connectivity index (χ0v) is 10.2. The van der Waals surface area contributed by atoms with Crippen LogP contribution in [0.25, 0.3) is 0 Å². The third kappa shape index (κ3) is 3.19. The first-order valence-corrected chi connectivity index (χ1v) is 6.53. The van der Waals surface area contributed by atoms with Crippen LogP contribution in [-0.2, 0) is 4.79 Å². The molecule has 0 aromatic rings. The smallest absolute Gasteiger partial charge is 0.221 e. The molecule has 0 aromatic heterocycles. The van der Waals surface area contributed by atoms with Crippen molar-refractivity contribution in [2.45, 2.75) is 44.7 Å². The molecule has 0 spiro atoms. The highest BCUT2D eigenvalue weighted by molar-refractivity contribution is 5.78. The average molecular weight is 225 g/mol. The lowest BCUT2D eigenvalue weighted by Crippen LogP contribution is -2.46. The lowest BCUT2D eigenvalue weighted by atomic mass is 10.0. The highest BCUT2D eigenvalue weighted by Crippen LogP contribution is 2.12. The van der Waals surface area contributed by atoms with Gasteiger partial charge in [-0.05, 0) is 38.9 Å². The van der Waals surface area contributed by atoms with E-state index in [9.17, 15) is 4.79 Å². The number of carbonyl (C=O) groups excluding carboxylic acids is 1. The number of hydrogen-bond donors (Lipinski definition) is 2. The first-order chi connectivity index (χ1) is 7.78. The Morgan fingerprint density at radius 2 is 2.12 bits per heavy atom. The maximum absolute atomic E-state index is 11.1. The molecule has 92 valence electrons. The van der Waals surface area contributed by atoms with E-state index in [1.807, 2.05) is 0 Å². The van der Waals surface area contributed by atoms with Crippen molar-refractivity contribution in [2.24, 2.45) is 0 Å². The highest BCUT2D eigenvalue weighted by Gasteiger charge is 2.25. The summed E-state index contributed by atoms with van der Waals surface area (Å²) in [4.78, 5) is 13.6. The minimum absolute atomic E-state index is 0.195. The minimum Gasteiger partial charge on any atom is -0.354 e. The SMILES string of the molecule is CCCN1CCC(NC2CNC(=O)C2)CC1. The summed E-state index contributed by atoms with van der Waals surface area (Å²) >= 11 is 0. The summed E-state index contributed by atoms with van der Waals surface area (Å²) in [6.07, 6.45) is 4.36. The number of likely N-dealkylation sites (tertiary alicyclic amines) is 1. The van der Waals surface area contributed by atoms with Crippen LogP contribution in [0.3, 0.4) is 0 Å². The van der Waals surface area contributed by atoms with Gasteiger partial charge in [0.15, 0.2) is 0 Å². The van der Waals surface area contributed by atoms with E-state index in [1.54, 1.807) is 0 Å². The van der Waals surface area contributed by atoms with Gasteiger partial charge in [-0.1, -0.05) is 6.92 Å². The van der Waals surface area contributed by atoms with E-state index in [0.717, 1.165) is 6.54 Å². The van der Waals surface area contributed by atoms with Crippen LogP contribution < -0.4 is 10.6 Å². The Hall–Kier alpha value is -0.610. The van der Waals surface area contributed by atoms with E-state index < -0.39 is 0 Å². The van der Waals surface area contributed by atoms with Crippen LogP contribution >= 0.6 is 0 Å². The summed E-state index contributed by atoms with van der Waals surface area (Å²) in [6, 6.07) is 0.987. The molecule has 0 saturated carbocycles. The molecule has 0 aromatic carbocycles. The molecule has 4 heteroatoms.